The van der Waals surface area contributed by atoms with Crippen LogP contribution in [0.4, 0.5) is 0 Å². The fraction of sp³-hybridized carbons (Fsp3) is 0.250. The summed E-state index contributed by atoms with van der Waals surface area (Å²) in [6.45, 7) is 0. The molecule has 0 aliphatic rings. The smallest absolute Gasteiger partial charge is 0.115 e. The predicted molar refractivity (Wildman–Crippen MR) is 95.2 cm³/mol. The van der Waals surface area contributed by atoms with Crippen LogP contribution >= 0.6 is 47.8 Å². The summed E-state index contributed by atoms with van der Waals surface area (Å²) in [5.41, 5.74) is 2.50. The van der Waals surface area contributed by atoms with Gasteiger partial charge in [-0.25, -0.2) is 0 Å². The van der Waals surface area contributed by atoms with Gasteiger partial charge in [-0.15, -0.1) is 0 Å². The van der Waals surface area contributed by atoms with Gasteiger partial charge in [0.2, 0.25) is 0 Å². The van der Waals surface area contributed by atoms with Crippen LogP contribution in [0.15, 0.2) is 53.0 Å². The molecule has 2 aromatic rings. The first kappa shape index (κ1) is 16.1. The van der Waals surface area contributed by atoms with Crippen LogP contribution in [0.5, 0.6) is 5.75 Å². The number of rotatable bonds is 5. The zero-order valence-electron chi connectivity index (χ0n) is 10.8. The van der Waals surface area contributed by atoms with E-state index in [1.54, 1.807) is 12.1 Å². The van der Waals surface area contributed by atoms with Crippen LogP contribution in [0.3, 0.4) is 0 Å². The lowest BCUT2D eigenvalue weighted by Gasteiger charge is -2.31. The fourth-order valence-corrected chi connectivity index (χ4v) is 4.43. The van der Waals surface area contributed by atoms with E-state index in [9.17, 15) is 5.11 Å². The first-order valence-corrected chi connectivity index (χ1v) is 9.29. The van der Waals surface area contributed by atoms with Crippen LogP contribution in [-0.4, -0.2) is 15.8 Å². The lowest BCUT2D eigenvalue weighted by atomic mass is 9.79. The zero-order valence-corrected chi connectivity index (χ0v) is 15.6. The second kappa shape index (κ2) is 7.10. The SMILES string of the molecule is Oc1ccc(CC(CBr)(CBr)c2ccc(Br)cc2)cc1. The first-order chi connectivity index (χ1) is 9.59. The second-order valence-corrected chi connectivity index (χ2v) is 6.93. The summed E-state index contributed by atoms with van der Waals surface area (Å²) >= 11 is 10.8. The molecule has 0 aromatic heterocycles. The number of phenolic OH excluding ortho intramolecular Hbond substituents is 1. The standard InChI is InChI=1S/C16H15Br3O/c17-10-16(11-18,13-3-5-14(19)6-4-13)9-12-1-7-15(20)8-2-12/h1-8,20H,9-11H2. The molecule has 106 valence electrons. The normalized spacial score (nSPS) is 11.6. The summed E-state index contributed by atoms with van der Waals surface area (Å²) < 4.78 is 1.09. The van der Waals surface area contributed by atoms with Gasteiger partial charge < -0.3 is 5.11 Å². The molecule has 0 bridgehead atoms. The molecule has 1 N–H and O–H groups in total. The molecule has 20 heavy (non-hydrogen) atoms. The van der Waals surface area contributed by atoms with E-state index in [4.69, 9.17) is 0 Å². The van der Waals surface area contributed by atoms with E-state index < -0.39 is 0 Å². The van der Waals surface area contributed by atoms with Gasteiger partial charge in [0.15, 0.2) is 0 Å². The van der Waals surface area contributed by atoms with Crippen LogP contribution in [0.1, 0.15) is 11.1 Å². The van der Waals surface area contributed by atoms with E-state index in [0.29, 0.717) is 5.75 Å². The van der Waals surface area contributed by atoms with Crippen molar-refractivity contribution in [2.75, 3.05) is 10.7 Å². The van der Waals surface area contributed by atoms with E-state index >= 15 is 0 Å². The van der Waals surface area contributed by atoms with E-state index in [1.165, 1.54) is 11.1 Å². The minimum atomic E-state index is -0.00231. The summed E-state index contributed by atoms with van der Waals surface area (Å²) in [5.74, 6) is 0.306. The molecule has 2 aromatic carbocycles. The third-order valence-corrected chi connectivity index (χ3v) is 6.12. The number of phenols is 1. The highest BCUT2D eigenvalue weighted by molar-refractivity contribution is 9.10. The summed E-state index contributed by atoms with van der Waals surface area (Å²) in [6.07, 6.45) is 0.908. The van der Waals surface area contributed by atoms with Gasteiger partial charge in [0.25, 0.3) is 0 Å². The maximum absolute atomic E-state index is 9.39. The number of benzene rings is 2. The minimum Gasteiger partial charge on any atom is -0.508 e. The summed E-state index contributed by atoms with van der Waals surface area (Å²) in [5, 5.41) is 11.1. The maximum atomic E-state index is 9.39. The van der Waals surface area contributed by atoms with Crippen LogP contribution in [0.2, 0.25) is 0 Å². The molecule has 2 rings (SSSR count). The highest BCUT2D eigenvalue weighted by Gasteiger charge is 2.30. The summed E-state index contributed by atoms with van der Waals surface area (Å²) in [6, 6.07) is 15.9. The Hall–Kier alpha value is -0.320. The number of halogens is 3. The van der Waals surface area contributed by atoms with Crippen molar-refractivity contribution in [3.63, 3.8) is 0 Å². The Labute approximate surface area is 144 Å². The molecule has 0 heterocycles. The van der Waals surface area contributed by atoms with Crippen molar-refractivity contribution in [1.82, 2.24) is 0 Å². The Morgan fingerprint density at radius 3 is 1.90 bits per heavy atom. The third kappa shape index (κ3) is 3.66. The van der Waals surface area contributed by atoms with Crippen molar-refractivity contribution in [3.8, 4) is 5.75 Å². The van der Waals surface area contributed by atoms with Crippen LogP contribution in [-0.2, 0) is 11.8 Å². The molecule has 1 nitrogen and oxygen atoms in total. The second-order valence-electron chi connectivity index (χ2n) is 4.90. The van der Waals surface area contributed by atoms with Gasteiger partial charge in [-0.05, 0) is 41.8 Å². The number of hydrogen-bond acceptors (Lipinski definition) is 1. The highest BCUT2D eigenvalue weighted by atomic mass is 79.9. The lowest BCUT2D eigenvalue weighted by molar-refractivity contribution is 0.474. The molecule has 0 aliphatic heterocycles. The summed E-state index contributed by atoms with van der Waals surface area (Å²) in [7, 11) is 0. The van der Waals surface area contributed by atoms with Crippen molar-refractivity contribution in [2.24, 2.45) is 0 Å². The van der Waals surface area contributed by atoms with Crippen LogP contribution < -0.4 is 0 Å². The molecular weight excluding hydrogens is 448 g/mol. The summed E-state index contributed by atoms with van der Waals surface area (Å²) in [4.78, 5) is 0. The average Bonchev–Trinajstić information content (AvgIpc) is 2.48. The van der Waals surface area contributed by atoms with Gasteiger partial charge in [-0.1, -0.05) is 72.1 Å². The molecule has 0 aliphatic carbocycles. The Balaban J connectivity index is 2.33. The number of aromatic hydroxyl groups is 1. The number of hydrogen-bond donors (Lipinski definition) is 1. The van der Waals surface area contributed by atoms with Crippen molar-refractivity contribution in [1.29, 1.82) is 0 Å². The van der Waals surface area contributed by atoms with E-state index in [-0.39, 0.29) is 5.41 Å². The fourth-order valence-electron chi connectivity index (χ4n) is 2.19. The van der Waals surface area contributed by atoms with E-state index in [1.807, 2.05) is 12.1 Å². The Morgan fingerprint density at radius 2 is 1.40 bits per heavy atom. The first-order valence-electron chi connectivity index (χ1n) is 6.25. The van der Waals surface area contributed by atoms with E-state index in [0.717, 1.165) is 21.6 Å². The largest absolute Gasteiger partial charge is 0.508 e. The third-order valence-electron chi connectivity index (χ3n) is 3.45. The van der Waals surface area contributed by atoms with Crippen LogP contribution in [0.25, 0.3) is 0 Å². The highest BCUT2D eigenvalue weighted by Crippen LogP contribution is 2.33. The average molecular weight is 463 g/mol. The minimum absolute atomic E-state index is 0.00231. The van der Waals surface area contributed by atoms with Gasteiger partial charge in [0, 0.05) is 20.5 Å². The van der Waals surface area contributed by atoms with Crippen LogP contribution in [0, 0.1) is 0 Å². The Bertz CT molecular complexity index is 545. The topological polar surface area (TPSA) is 20.2 Å². The lowest BCUT2D eigenvalue weighted by Crippen LogP contribution is -2.32. The van der Waals surface area contributed by atoms with Gasteiger partial charge in [-0.3, -0.25) is 0 Å². The van der Waals surface area contributed by atoms with Crippen molar-refractivity contribution >= 4 is 47.8 Å². The molecule has 0 radical (unpaired) electrons. The Kier molecular flexibility index (Phi) is 5.70. The quantitative estimate of drug-likeness (QED) is 0.588. The van der Waals surface area contributed by atoms with Gasteiger partial charge >= 0.3 is 0 Å². The maximum Gasteiger partial charge on any atom is 0.115 e. The predicted octanol–water partition coefficient (Wildman–Crippen LogP) is 5.43. The molecule has 0 saturated carbocycles. The molecule has 4 heteroatoms. The van der Waals surface area contributed by atoms with Gasteiger partial charge in [0.05, 0.1) is 0 Å². The van der Waals surface area contributed by atoms with Gasteiger partial charge in [-0.2, -0.15) is 0 Å². The molecule has 0 atom stereocenters. The number of alkyl halides is 2. The van der Waals surface area contributed by atoms with Crippen molar-refractivity contribution < 1.29 is 5.11 Å². The molecule has 0 fully saturated rings. The molecule has 0 unspecified atom stereocenters. The van der Waals surface area contributed by atoms with E-state index in [2.05, 4.69) is 72.1 Å². The monoisotopic (exact) mass is 460 g/mol. The molecule has 0 saturated heterocycles. The zero-order chi connectivity index (χ0) is 14.6. The molecule has 0 spiro atoms. The Morgan fingerprint density at radius 1 is 0.850 bits per heavy atom. The van der Waals surface area contributed by atoms with Gasteiger partial charge in [0.1, 0.15) is 5.75 Å². The molecular formula is C16H15Br3O. The molecule has 0 amide bonds. The van der Waals surface area contributed by atoms with Crippen molar-refractivity contribution in [3.05, 3.63) is 64.1 Å². The van der Waals surface area contributed by atoms with Crippen molar-refractivity contribution in [2.45, 2.75) is 11.8 Å².